The Bertz CT molecular complexity index is 745. The number of aryl methyl sites for hydroxylation is 1. The summed E-state index contributed by atoms with van der Waals surface area (Å²) in [5.41, 5.74) is 2.61. The van der Waals surface area contributed by atoms with E-state index in [1.165, 1.54) is 12.1 Å². The van der Waals surface area contributed by atoms with Crippen LogP contribution in [-0.2, 0) is 18.4 Å². The van der Waals surface area contributed by atoms with Gasteiger partial charge in [-0.2, -0.15) is 5.10 Å². The third kappa shape index (κ3) is 4.29. The molecule has 0 aliphatic carbocycles. The fraction of sp³-hybridized carbons (Fsp3) is 0.444. The zero-order valence-corrected chi connectivity index (χ0v) is 14.7. The fourth-order valence-electron chi connectivity index (χ4n) is 3.14. The average molecular weight is 345 g/mol. The molecule has 1 fully saturated rings. The van der Waals surface area contributed by atoms with Crippen molar-refractivity contribution in [2.75, 3.05) is 36.4 Å². The molecule has 2 heterocycles. The van der Waals surface area contributed by atoms with Crippen molar-refractivity contribution in [3.05, 3.63) is 42.0 Å². The maximum Gasteiger partial charge on any atom is 0.219 e. The monoisotopic (exact) mass is 345 g/mol. The highest BCUT2D eigenvalue weighted by atomic mass is 19.1. The molecule has 1 saturated heterocycles. The second-order valence-electron chi connectivity index (χ2n) is 6.34. The molecule has 1 aliphatic rings. The van der Waals surface area contributed by atoms with Crippen molar-refractivity contribution in [3.63, 3.8) is 0 Å². The molecule has 1 aromatic heterocycles. The molecule has 0 saturated carbocycles. The van der Waals surface area contributed by atoms with Gasteiger partial charge in [0.15, 0.2) is 0 Å². The molecule has 0 radical (unpaired) electrons. The summed E-state index contributed by atoms with van der Waals surface area (Å²) in [7, 11) is 1.87. The zero-order chi connectivity index (χ0) is 17.8. The molecule has 25 heavy (non-hydrogen) atoms. The lowest BCUT2D eigenvalue weighted by Gasteiger charge is -2.26. The Morgan fingerprint density at radius 2 is 2.08 bits per heavy atom. The SMILES string of the molecule is CC(=O)N1CCCN(c2ccc(F)cc2NCc2ccn(C)n2)CC1. The normalized spacial score (nSPS) is 15.2. The van der Waals surface area contributed by atoms with Crippen molar-refractivity contribution < 1.29 is 9.18 Å². The number of anilines is 2. The molecule has 0 spiro atoms. The smallest absolute Gasteiger partial charge is 0.219 e. The van der Waals surface area contributed by atoms with Gasteiger partial charge in [0, 0.05) is 46.3 Å². The number of rotatable bonds is 4. The van der Waals surface area contributed by atoms with Crippen LogP contribution in [0.15, 0.2) is 30.5 Å². The van der Waals surface area contributed by atoms with E-state index in [4.69, 9.17) is 0 Å². The third-order valence-corrected chi connectivity index (χ3v) is 4.47. The second-order valence-corrected chi connectivity index (χ2v) is 6.34. The number of halogens is 1. The number of aromatic nitrogens is 2. The summed E-state index contributed by atoms with van der Waals surface area (Å²) in [6, 6.07) is 6.74. The molecule has 0 bridgehead atoms. The van der Waals surface area contributed by atoms with Gasteiger partial charge in [0.1, 0.15) is 5.82 Å². The Morgan fingerprint density at radius 3 is 2.80 bits per heavy atom. The predicted molar refractivity (Wildman–Crippen MR) is 96.0 cm³/mol. The highest BCUT2D eigenvalue weighted by Crippen LogP contribution is 2.28. The van der Waals surface area contributed by atoms with Gasteiger partial charge in [-0.3, -0.25) is 9.48 Å². The van der Waals surface area contributed by atoms with E-state index >= 15 is 0 Å². The van der Waals surface area contributed by atoms with Gasteiger partial charge < -0.3 is 15.1 Å². The molecule has 0 atom stereocenters. The highest BCUT2D eigenvalue weighted by Gasteiger charge is 2.19. The molecular formula is C18H24FN5O. The summed E-state index contributed by atoms with van der Waals surface area (Å²) < 4.78 is 15.5. The summed E-state index contributed by atoms with van der Waals surface area (Å²) in [6.45, 7) is 5.17. The van der Waals surface area contributed by atoms with Crippen molar-refractivity contribution in [2.24, 2.45) is 7.05 Å². The topological polar surface area (TPSA) is 53.4 Å². The van der Waals surface area contributed by atoms with Crippen molar-refractivity contribution in [1.82, 2.24) is 14.7 Å². The highest BCUT2D eigenvalue weighted by molar-refractivity contribution is 5.74. The molecular weight excluding hydrogens is 321 g/mol. The van der Waals surface area contributed by atoms with E-state index < -0.39 is 0 Å². The Hall–Kier alpha value is -2.57. The molecule has 1 N–H and O–H groups in total. The molecule has 1 amide bonds. The molecule has 134 valence electrons. The van der Waals surface area contributed by atoms with Crippen LogP contribution in [-0.4, -0.2) is 46.8 Å². The Labute approximate surface area is 147 Å². The number of benzene rings is 1. The number of carbonyl (C=O) groups is 1. The van der Waals surface area contributed by atoms with Crippen LogP contribution in [0.2, 0.25) is 0 Å². The lowest BCUT2D eigenvalue weighted by Crippen LogP contribution is -2.33. The van der Waals surface area contributed by atoms with E-state index in [0.29, 0.717) is 13.1 Å². The number of nitrogens with zero attached hydrogens (tertiary/aromatic N) is 4. The number of hydrogen-bond acceptors (Lipinski definition) is 4. The minimum atomic E-state index is -0.271. The van der Waals surface area contributed by atoms with Crippen LogP contribution in [0, 0.1) is 5.82 Å². The first-order chi connectivity index (χ1) is 12.0. The maximum absolute atomic E-state index is 13.8. The average Bonchev–Trinajstić information content (AvgIpc) is 2.84. The number of amides is 1. The Morgan fingerprint density at radius 1 is 1.24 bits per heavy atom. The van der Waals surface area contributed by atoms with Gasteiger partial charge in [0.25, 0.3) is 0 Å². The molecule has 1 aromatic carbocycles. The van der Waals surface area contributed by atoms with Crippen LogP contribution in [0.3, 0.4) is 0 Å². The summed E-state index contributed by atoms with van der Waals surface area (Å²) >= 11 is 0. The summed E-state index contributed by atoms with van der Waals surface area (Å²) in [5, 5.41) is 7.63. The molecule has 7 heteroatoms. The predicted octanol–water partition coefficient (Wildman–Crippen LogP) is 2.23. The number of nitrogens with one attached hydrogen (secondary N) is 1. The third-order valence-electron chi connectivity index (χ3n) is 4.47. The fourth-order valence-corrected chi connectivity index (χ4v) is 3.14. The van der Waals surface area contributed by atoms with Crippen molar-refractivity contribution >= 4 is 17.3 Å². The maximum atomic E-state index is 13.8. The first-order valence-electron chi connectivity index (χ1n) is 8.55. The number of hydrogen-bond donors (Lipinski definition) is 1. The first kappa shape index (κ1) is 17.3. The van der Waals surface area contributed by atoms with Gasteiger partial charge in [0.05, 0.1) is 23.6 Å². The molecule has 1 aliphatic heterocycles. The van der Waals surface area contributed by atoms with Gasteiger partial charge in [-0.25, -0.2) is 4.39 Å². The van der Waals surface area contributed by atoms with Crippen molar-refractivity contribution in [2.45, 2.75) is 19.9 Å². The van der Waals surface area contributed by atoms with Gasteiger partial charge in [-0.05, 0) is 30.7 Å². The van der Waals surface area contributed by atoms with Gasteiger partial charge in [-0.1, -0.05) is 0 Å². The summed E-state index contributed by atoms with van der Waals surface area (Å²) in [6.07, 6.45) is 2.78. The van der Waals surface area contributed by atoms with E-state index in [2.05, 4.69) is 15.3 Å². The zero-order valence-electron chi connectivity index (χ0n) is 14.7. The lowest BCUT2D eigenvalue weighted by molar-refractivity contribution is -0.128. The minimum Gasteiger partial charge on any atom is -0.378 e. The van der Waals surface area contributed by atoms with E-state index in [1.54, 1.807) is 17.7 Å². The van der Waals surface area contributed by atoms with Crippen LogP contribution >= 0.6 is 0 Å². The molecule has 2 aromatic rings. The minimum absolute atomic E-state index is 0.106. The van der Waals surface area contributed by atoms with E-state index in [9.17, 15) is 9.18 Å². The van der Waals surface area contributed by atoms with E-state index in [0.717, 1.165) is 43.1 Å². The van der Waals surface area contributed by atoms with Crippen LogP contribution in [0.5, 0.6) is 0 Å². The van der Waals surface area contributed by atoms with Gasteiger partial charge in [0.2, 0.25) is 5.91 Å². The van der Waals surface area contributed by atoms with Crippen molar-refractivity contribution in [1.29, 1.82) is 0 Å². The second kappa shape index (κ2) is 7.55. The molecule has 6 nitrogen and oxygen atoms in total. The summed E-state index contributed by atoms with van der Waals surface area (Å²) in [5.74, 6) is -0.165. The Balaban J connectivity index is 1.75. The van der Waals surface area contributed by atoms with Gasteiger partial charge in [-0.15, -0.1) is 0 Å². The van der Waals surface area contributed by atoms with E-state index in [-0.39, 0.29) is 11.7 Å². The Kier molecular flexibility index (Phi) is 5.21. The van der Waals surface area contributed by atoms with Crippen LogP contribution in [0.1, 0.15) is 19.0 Å². The quantitative estimate of drug-likeness (QED) is 0.923. The van der Waals surface area contributed by atoms with Crippen LogP contribution in [0.25, 0.3) is 0 Å². The first-order valence-corrected chi connectivity index (χ1v) is 8.55. The number of carbonyl (C=O) groups excluding carboxylic acids is 1. The molecule has 3 rings (SSSR count). The summed E-state index contributed by atoms with van der Waals surface area (Å²) in [4.78, 5) is 15.7. The molecule has 0 unspecified atom stereocenters. The standard InChI is InChI=1S/C18H24FN5O/c1-14(25)23-7-3-8-24(11-10-23)18-5-4-15(19)12-17(18)20-13-16-6-9-22(2)21-16/h4-6,9,12,20H,3,7-8,10-11,13H2,1-2H3. The van der Waals surface area contributed by atoms with Crippen molar-refractivity contribution in [3.8, 4) is 0 Å². The van der Waals surface area contributed by atoms with Gasteiger partial charge >= 0.3 is 0 Å². The van der Waals surface area contributed by atoms with E-state index in [1.807, 2.05) is 24.2 Å². The van der Waals surface area contributed by atoms with Crippen LogP contribution in [0.4, 0.5) is 15.8 Å². The largest absolute Gasteiger partial charge is 0.378 e. The lowest BCUT2D eigenvalue weighted by atomic mass is 10.2. The van der Waals surface area contributed by atoms with Crippen LogP contribution < -0.4 is 10.2 Å².